The molecule has 0 fully saturated rings. The van der Waals surface area contributed by atoms with E-state index >= 15 is 0 Å². The molecule has 0 nitrogen and oxygen atoms in total. The van der Waals surface area contributed by atoms with Crippen molar-refractivity contribution in [2.45, 2.75) is 39.5 Å². The van der Waals surface area contributed by atoms with Gasteiger partial charge in [-0.1, -0.05) is 93.4 Å². The predicted octanol–water partition coefficient (Wildman–Crippen LogP) is 7.11. The second kappa shape index (κ2) is 8.16. The zero-order valence-corrected chi connectivity index (χ0v) is 15.4. The van der Waals surface area contributed by atoms with Crippen LogP contribution in [0.5, 0.6) is 0 Å². The van der Waals surface area contributed by atoms with Crippen molar-refractivity contribution < 1.29 is 0 Å². The Balaban J connectivity index is 2.24. The number of rotatable bonds is 6. The summed E-state index contributed by atoms with van der Waals surface area (Å²) in [5.41, 5.74) is 9.20. The number of benzene rings is 3. The first kappa shape index (κ1) is 17.5. The van der Waals surface area contributed by atoms with Crippen LogP contribution in [0.2, 0.25) is 0 Å². The van der Waals surface area contributed by atoms with Crippen LogP contribution in [-0.4, -0.2) is 0 Å². The number of hydrogen-bond acceptors (Lipinski definition) is 0. The molecule has 0 aromatic heterocycles. The van der Waals surface area contributed by atoms with Crippen molar-refractivity contribution in [1.29, 1.82) is 0 Å². The molecule has 0 saturated heterocycles. The summed E-state index contributed by atoms with van der Waals surface area (Å²) < 4.78 is 0. The van der Waals surface area contributed by atoms with Gasteiger partial charge in [0, 0.05) is 0 Å². The van der Waals surface area contributed by atoms with Crippen LogP contribution < -0.4 is 0 Å². The van der Waals surface area contributed by atoms with Crippen LogP contribution >= 0.6 is 0 Å². The van der Waals surface area contributed by atoms with Gasteiger partial charge >= 0.3 is 0 Å². The average molecular weight is 327 g/mol. The van der Waals surface area contributed by atoms with Crippen molar-refractivity contribution in [2.75, 3.05) is 0 Å². The summed E-state index contributed by atoms with van der Waals surface area (Å²) in [5, 5.41) is 0. The minimum absolute atomic E-state index is 1.10. The van der Waals surface area contributed by atoms with E-state index in [0.29, 0.717) is 0 Å². The van der Waals surface area contributed by atoms with Gasteiger partial charge in [0.2, 0.25) is 0 Å². The van der Waals surface area contributed by atoms with Gasteiger partial charge in [0.25, 0.3) is 0 Å². The lowest BCUT2D eigenvalue weighted by molar-refractivity contribution is 0.922. The largest absolute Gasteiger partial charge is 0.0651 e. The Bertz CT molecular complexity index is 842. The Morgan fingerprint density at radius 3 is 1.76 bits per heavy atom. The average Bonchev–Trinajstić information content (AvgIpc) is 2.63. The molecule has 0 aliphatic rings. The molecular formula is C25H27. The third-order valence-corrected chi connectivity index (χ3v) is 4.78. The van der Waals surface area contributed by atoms with Gasteiger partial charge in [0.15, 0.2) is 0 Å². The first-order chi connectivity index (χ1) is 12.3. The molecule has 1 radical (unpaired) electrons. The van der Waals surface area contributed by atoms with E-state index < -0.39 is 0 Å². The summed E-state index contributed by atoms with van der Waals surface area (Å²) in [5.74, 6) is 0. The van der Waals surface area contributed by atoms with E-state index in [-0.39, 0.29) is 0 Å². The van der Waals surface area contributed by atoms with Crippen molar-refractivity contribution >= 4 is 0 Å². The summed E-state index contributed by atoms with van der Waals surface area (Å²) in [4.78, 5) is 0. The van der Waals surface area contributed by atoms with Crippen molar-refractivity contribution in [3.8, 4) is 22.3 Å². The van der Waals surface area contributed by atoms with Crippen molar-refractivity contribution in [1.82, 2.24) is 0 Å². The molecule has 0 aliphatic carbocycles. The Morgan fingerprint density at radius 1 is 0.600 bits per heavy atom. The second-order valence-electron chi connectivity index (χ2n) is 6.65. The predicted molar refractivity (Wildman–Crippen MR) is 110 cm³/mol. The SMILES string of the molecule is [CH2]c1cccc(-c2ccccc2CCC)c1-c1ccccc1CCC. The van der Waals surface area contributed by atoms with Crippen LogP contribution in [0.15, 0.2) is 66.7 Å². The van der Waals surface area contributed by atoms with Gasteiger partial charge < -0.3 is 0 Å². The fraction of sp³-hybridized carbons (Fsp3) is 0.240. The normalized spacial score (nSPS) is 10.8. The molecular weight excluding hydrogens is 300 g/mol. The fourth-order valence-corrected chi connectivity index (χ4v) is 3.66. The van der Waals surface area contributed by atoms with E-state index in [4.69, 9.17) is 0 Å². The van der Waals surface area contributed by atoms with Crippen molar-refractivity contribution in [3.63, 3.8) is 0 Å². The summed E-state index contributed by atoms with van der Waals surface area (Å²) in [7, 11) is 0. The molecule has 0 heterocycles. The lowest BCUT2D eigenvalue weighted by Crippen LogP contribution is -1.96. The molecule has 0 amide bonds. The highest BCUT2D eigenvalue weighted by molar-refractivity contribution is 5.88. The van der Waals surface area contributed by atoms with Crippen LogP contribution in [0.25, 0.3) is 22.3 Å². The van der Waals surface area contributed by atoms with E-state index in [2.05, 4.69) is 87.5 Å². The van der Waals surface area contributed by atoms with Crippen LogP contribution in [-0.2, 0) is 12.8 Å². The van der Waals surface area contributed by atoms with Gasteiger partial charge in [-0.3, -0.25) is 0 Å². The molecule has 25 heavy (non-hydrogen) atoms. The maximum atomic E-state index is 4.36. The number of hydrogen-bond donors (Lipinski definition) is 0. The topological polar surface area (TPSA) is 0 Å². The molecule has 0 bridgehead atoms. The fourth-order valence-electron chi connectivity index (χ4n) is 3.66. The summed E-state index contributed by atoms with van der Waals surface area (Å²) in [6.45, 7) is 8.84. The van der Waals surface area contributed by atoms with Crippen LogP contribution in [0, 0.1) is 6.92 Å². The molecule has 127 valence electrons. The smallest absolute Gasteiger partial charge is 0.00703 e. The quantitative estimate of drug-likeness (QED) is 0.452. The van der Waals surface area contributed by atoms with Gasteiger partial charge in [-0.15, -0.1) is 0 Å². The van der Waals surface area contributed by atoms with Gasteiger partial charge in [-0.2, -0.15) is 0 Å². The van der Waals surface area contributed by atoms with E-state index in [1.165, 1.54) is 33.4 Å². The van der Waals surface area contributed by atoms with E-state index in [0.717, 1.165) is 31.2 Å². The Labute approximate surface area is 152 Å². The molecule has 0 saturated carbocycles. The van der Waals surface area contributed by atoms with Gasteiger partial charge in [0.05, 0.1) is 0 Å². The van der Waals surface area contributed by atoms with Crippen LogP contribution in [0.4, 0.5) is 0 Å². The number of aryl methyl sites for hydroxylation is 2. The minimum atomic E-state index is 1.10. The molecule has 0 N–H and O–H groups in total. The third kappa shape index (κ3) is 3.69. The standard InChI is InChI=1S/C25H27/c1-4-11-20-14-6-8-16-22(20)24-18-10-13-19(3)25(24)23-17-9-7-15-21(23)12-5-2/h6-10,13-18H,3-5,11-12H2,1-2H3. The summed E-state index contributed by atoms with van der Waals surface area (Å²) >= 11 is 0. The Morgan fingerprint density at radius 2 is 1.12 bits per heavy atom. The van der Waals surface area contributed by atoms with Gasteiger partial charge in [-0.05, 0) is 58.7 Å². The lowest BCUT2D eigenvalue weighted by Gasteiger charge is -2.18. The second-order valence-corrected chi connectivity index (χ2v) is 6.65. The molecule has 0 unspecified atom stereocenters. The molecule has 0 heteroatoms. The highest BCUT2D eigenvalue weighted by Crippen LogP contribution is 2.38. The van der Waals surface area contributed by atoms with Crippen molar-refractivity contribution in [2.24, 2.45) is 0 Å². The van der Waals surface area contributed by atoms with E-state index in [1.54, 1.807) is 0 Å². The monoisotopic (exact) mass is 327 g/mol. The first-order valence-corrected chi connectivity index (χ1v) is 9.37. The highest BCUT2D eigenvalue weighted by atomic mass is 14.2. The first-order valence-electron chi connectivity index (χ1n) is 9.37. The van der Waals surface area contributed by atoms with E-state index in [9.17, 15) is 0 Å². The Kier molecular flexibility index (Phi) is 5.71. The molecule has 0 aliphatic heterocycles. The van der Waals surface area contributed by atoms with Gasteiger partial charge in [-0.25, -0.2) is 0 Å². The molecule has 3 rings (SSSR count). The molecule has 0 spiro atoms. The van der Waals surface area contributed by atoms with Crippen LogP contribution in [0.3, 0.4) is 0 Å². The molecule has 3 aromatic carbocycles. The maximum Gasteiger partial charge on any atom is -0.00703 e. The van der Waals surface area contributed by atoms with E-state index in [1.807, 2.05) is 0 Å². The minimum Gasteiger partial charge on any atom is -0.0651 e. The zero-order chi connectivity index (χ0) is 17.6. The lowest BCUT2D eigenvalue weighted by atomic mass is 9.86. The maximum absolute atomic E-state index is 4.36. The Hall–Kier alpha value is -2.34. The van der Waals surface area contributed by atoms with Gasteiger partial charge in [0.1, 0.15) is 0 Å². The molecule has 0 atom stereocenters. The summed E-state index contributed by atoms with van der Waals surface area (Å²) in [6.07, 6.45) is 4.51. The summed E-state index contributed by atoms with van der Waals surface area (Å²) in [6, 6.07) is 24.1. The van der Waals surface area contributed by atoms with Crippen LogP contribution in [0.1, 0.15) is 43.4 Å². The highest BCUT2D eigenvalue weighted by Gasteiger charge is 2.15. The zero-order valence-electron chi connectivity index (χ0n) is 15.4. The third-order valence-electron chi connectivity index (χ3n) is 4.78. The molecule has 3 aromatic rings. The van der Waals surface area contributed by atoms with Crippen molar-refractivity contribution in [3.05, 3.63) is 90.3 Å².